The first-order chi connectivity index (χ1) is 21.4. The molecule has 0 amide bonds. The summed E-state index contributed by atoms with van der Waals surface area (Å²) in [6, 6.07) is 28.8. The Balaban J connectivity index is 1.57. The quantitative estimate of drug-likeness (QED) is 0.183. The molecular weight excluding hydrogens is 588 g/mol. The van der Waals surface area contributed by atoms with E-state index >= 15 is 0 Å². The van der Waals surface area contributed by atoms with Crippen LogP contribution in [0.1, 0.15) is 43.7 Å². The average Bonchev–Trinajstić information content (AvgIpc) is 3.32. The van der Waals surface area contributed by atoms with Crippen molar-refractivity contribution in [2.45, 2.75) is 69.0 Å². The van der Waals surface area contributed by atoms with Gasteiger partial charge in [-0.25, -0.2) is 4.79 Å². The molecule has 9 nitrogen and oxygen atoms in total. The largest absolute Gasteiger partial charge is 0.497 e. The van der Waals surface area contributed by atoms with E-state index in [9.17, 15) is 14.7 Å². The molecule has 0 spiro atoms. The molecule has 0 aliphatic carbocycles. The van der Waals surface area contributed by atoms with Crippen molar-refractivity contribution in [2.75, 3.05) is 13.7 Å². The highest BCUT2D eigenvalue weighted by Crippen LogP contribution is 2.44. The van der Waals surface area contributed by atoms with E-state index in [0.717, 1.165) is 16.7 Å². The van der Waals surface area contributed by atoms with Gasteiger partial charge in [0.1, 0.15) is 29.7 Å². The van der Waals surface area contributed by atoms with E-state index in [4.69, 9.17) is 18.6 Å². The van der Waals surface area contributed by atoms with Crippen LogP contribution in [-0.2, 0) is 19.5 Å². The summed E-state index contributed by atoms with van der Waals surface area (Å²) in [5.41, 5.74) is 0.377. The molecule has 0 radical (unpaired) electrons. The van der Waals surface area contributed by atoms with Crippen LogP contribution in [-0.4, -0.2) is 55.0 Å². The Morgan fingerprint density at radius 3 is 1.93 bits per heavy atom. The van der Waals surface area contributed by atoms with Gasteiger partial charge in [-0.05, 0) is 47.0 Å². The number of aliphatic hydroxyl groups excluding tert-OH is 1. The lowest BCUT2D eigenvalue weighted by Crippen LogP contribution is -2.50. The van der Waals surface area contributed by atoms with Crippen molar-refractivity contribution in [1.82, 2.24) is 9.55 Å². The summed E-state index contributed by atoms with van der Waals surface area (Å²) in [6.07, 6.45) is -2.50. The number of nitrogens with one attached hydrogen (secondary N) is 1. The Hall–Kier alpha value is -3.80. The smallest absolute Gasteiger partial charge is 0.330 e. The predicted molar refractivity (Wildman–Crippen MR) is 175 cm³/mol. The number of rotatable bonds is 10. The second-order valence-corrected chi connectivity index (χ2v) is 17.6. The lowest BCUT2D eigenvalue weighted by Gasteiger charge is -2.40. The number of hydrogen-bond donors (Lipinski definition) is 2. The maximum Gasteiger partial charge on any atom is 0.330 e. The molecular formula is C35H42N2O7Si. The number of nitrogens with zero attached hydrogens (tertiary/aromatic N) is 1. The van der Waals surface area contributed by atoms with E-state index in [-0.39, 0.29) is 11.6 Å². The van der Waals surface area contributed by atoms with E-state index in [1.54, 1.807) is 7.11 Å². The summed E-state index contributed by atoms with van der Waals surface area (Å²) >= 11 is 0. The van der Waals surface area contributed by atoms with Gasteiger partial charge in [0.25, 0.3) is 5.56 Å². The first kappa shape index (κ1) is 32.6. The van der Waals surface area contributed by atoms with Crippen molar-refractivity contribution in [3.8, 4) is 5.75 Å². The average molecular weight is 631 g/mol. The predicted octanol–water partition coefficient (Wildman–Crippen LogP) is 5.20. The molecule has 10 heteroatoms. The van der Waals surface area contributed by atoms with Gasteiger partial charge in [-0.2, -0.15) is 0 Å². The number of methoxy groups -OCH3 is 1. The van der Waals surface area contributed by atoms with Gasteiger partial charge in [0.2, 0.25) is 0 Å². The van der Waals surface area contributed by atoms with Crippen molar-refractivity contribution < 1.29 is 23.7 Å². The van der Waals surface area contributed by atoms with E-state index in [0.29, 0.717) is 5.75 Å². The molecule has 4 atom stereocenters. The van der Waals surface area contributed by atoms with E-state index < -0.39 is 49.7 Å². The van der Waals surface area contributed by atoms with Crippen LogP contribution in [0.3, 0.4) is 0 Å². The van der Waals surface area contributed by atoms with Crippen molar-refractivity contribution in [3.63, 3.8) is 0 Å². The van der Waals surface area contributed by atoms with Gasteiger partial charge in [0, 0.05) is 12.3 Å². The lowest BCUT2D eigenvalue weighted by atomic mass is 9.80. The molecule has 3 aromatic carbocycles. The minimum atomic E-state index is -2.45. The fraction of sp³-hybridized carbons (Fsp3) is 0.371. The molecule has 1 aliphatic rings. The van der Waals surface area contributed by atoms with Crippen LogP contribution in [0.25, 0.3) is 0 Å². The number of aromatic amines is 1. The summed E-state index contributed by atoms with van der Waals surface area (Å²) in [5, 5.41) is 11.6. The lowest BCUT2D eigenvalue weighted by molar-refractivity contribution is -0.0956. The number of benzene rings is 3. The van der Waals surface area contributed by atoms with Crippen molar-refractivity contribution in [1.29, 1.82) is 0 Å². The van der Waals surface area contributed by atoms with Crippen molar-refractivity contribution in [2.24, 2.45) is 0 Å². The Morgan fingerprint density at radius 2 is 1.42 bits per heavy atom. The fourth-order valence-electron chi connectivity index (χ4n) is 5.48. The van der Waals surface area contributed by atoms with Gasteiger partial charge in [-0.15, -0.1) is 0 Å². The molecule has 1 aromatic heterocycles. The van der Waals surface area contributed by atoms with Crippen LogP contribution in [0.5, 0.6) is 5.75 Å². The van der Waals surface area contributed by atoms with Gasteiger partial charge >= 0.3 is 5.69 Å². The Kier molecular flexibility index (Phi) is 9.34. The third kappa shape index (κ3) is 6.47. The zero-order valence-corrected chi connectivity index (χ0v) is 27.6. The molecule has 2 N–H and O–H groups in total. The second kappa shape index (κ2) is 12.9. The van der Waals surface area contributed by atoms with Crippen molar-refractivity contribution >= 4 is 8.32 Å². The molecule has 1 saturated heterocycles. The first-order valence-electron chi connectivity index (χ1n) is 15.1. The zero-order valence-electron chi connectivity index (χ0n) is 26.6. The third-order valence-corrected chi connectivity index (χ3v) is 13.5. The Morgan fingerprint density at radius 1 is 0.867 bits per heavy atom. The highest BCUT2D eigenvalue weighted by atomic mass is 28.4. The highest BCUT2D eigenvalue weighted by molar-refractivity contribution is 6.74. The van der Waals surface area contributed by atoms with Gasteiger partial charge in [0.15, 0.2) is 14.5 Å². The molecule has 0 unspecified atom stereocenters. The maximum atomic E-state index is 12.9. The monoisotopic (exact) mass is 630 g/mol. The third-order valence-electron chi connectivity index (χ3n) is 9.00. The SMILES string of the molecule is COc1ccc(C(OC[C@H]2O[C@@H](n3ccc(=O)[nH]c3=O)[C@H](O[Si](C)(C)C(C)(C)C)[C@@H]2O)(c2ccccc2)c2ccccc2)cc1. The first-order valence-corrected chi connectivity index (χ1v) is 18.0. The van der Waals surface area contributed by atoms with Gasteiger partial charge < -0.3 is 23.7 Å². The van der Waals surface area contributed by atoms with E-state index in [1.807, 2.05) is 84.9 Å². The Labute approximate surface area is 264 Å². The van der Waals surface area contributed by atoms with Crippen LogP contribution >= 0.6 is 0 Å². The van der Waals surface area contributed by atoms with Crippen LogP contribution in [0, 0.1) is 0 Å². The number of ether oxygens (including phenoxy) is 3. The summed E-state index contributed by atoms with van der Waals surface area (Å²) in [7, 11) is -0.828. The van der Waals surface area contributed by atoms with E-state index in [2.05, 4.69) is 38.8 Å². The molecule has 4 aromatic rings. The number of aromatic nitrogens is 2. The summed E-state index contributed by atoms with van der Waals surface area (Å²) < 4.78 is 26.8. The molecule has 0 saturated carbocycles. The van der Waals surface area contributed by atoms with Crippen molar-refractivity contribution in [3.05, 3.63) is 135 Å². The summed E-state index contributed by atoms with van der Waals surface area (Å²) in [5.74, 6) is 0.711. The molecule has 1 aliphatic heterocycles. The normalized spacial score (nSPS) is 20.7. The fourth-order valence-corrected chi connectivity index (χ4v) is 6.77. The summed E-state index contributed by atoms with van der Waals surface area (Å²) in [6.45, 7) is 10.4. The molecule has 238 valence electrons. The Bertz CT molecular complexity index is 1640. The minimum absolute atomic E-state index is 0.0387. The van der Waals surface area contributed by atoms with Crippen LogP contribution in [0.2, 0.25) is 18.1 Å². The van der Waals surface area contributed by atoms with Gasteiger partial charge in [0.05, 0.1) is 13.7 Å². The number of H-pyrrole nitrogens is 1. The molecule has 5 rings (SSSR count). The van der Waals surface area contributed by atoms with E-state index in [1.165, 1.54) is 16.8 Å². The zero-order chi connectivity index (χ0) is 32.4. The minimum Gasteiger partial charge on any atom is -0.497 e. The summed E-state index contributed by atoms with van der Waals surface area (Å²) in [4.78, 5) is 27.1. The van der Waals surface area contributed by atoms with Crippen LogP contribution in [0.15, 0.2) is 107 Å². The van der Waals surface area contributed by atoms with Crippen LogP contribution in [0.4, 0.5) is 0 Å². The van der Waals surface area contributed by atoms with Crippen LogP contribution < -0.4 is 16.0 Å². The number of hydrogen-bond acceptors (Lipinski definition) is 7. The van der Waals surface area contributed by atoms with Gasteiger partial charge in [-0.3, -0.25) is 14.3 Å². The molecule has 45 heavy (non-hydrogen) atoms. The maximum absolute atomic E-state index is 12.9. The molecule has 2 heterocycles. The number of aliphatic hydroxyl groups is 1. The topological polar surface area (TPSA) is 112 Å². The van der Waals surface area contributed by atoms with Gasteiger partial charge in [-0.1, -0.05) is 93.6 Å². The highest BCUT2D eigenvalue weighted by Gasteiger charge is 2.51. The molecule has 0 bridgehead atoms. The molecule has 1 fully saturated rings. The standard InChI is InChI=1S/C35H42N2O7Si/c1-34(2,3)45(5,6)44-31-30(39)28(43-32(31)37-22-21-29(38)36-33(37)40)23-42-35(24-13-9-7-10-14-24,25-15-11-8-12-16-25)26-17-19-27(41-4)20-18-26/h7-22,28,30-32,39H,23H2,1-6H3,(H,36,38,40)/t28-,30-,31-,32-/m1/s1. The second-order valence-electron chi connectivity index (χ2n) is 12.9.